The second-order valence-electron chi connectivity index (χ2n) is 4.52. The summed E-state index contributed by atoms with van der Waals surface area (Å²) in [6.07, 6.45) is -3.86. The summed E-state index contributed by atoms with van der Waals surface area (Å²) in [5.41, 5.74) is 6.76. The highest BCUT2D eigenvalue weighted by atomic mass is 19.4. The zero-order valence-corrected chi connectivity index (χ0v) is 10.6. The molecule has 0 amide bonds. The minimum absolute atomic E-state index is 0.293. The van der Waals surface area contributed by atoms with E-state index in [0.29, 0.717) is 17.9 Å². The lowest BCUT2D eigenvalue weighted by Crippen LogP contribution is -2.39. The fourth-order valence-electron chi connectivity index (χ4n) is 2.07. The van der Waals surface area contributed by atoms with E-state index in [9.17, 15) is 13.2 Å². The standard InChI is InChI=1S/C13H16F3N3/c1-2-7-19-10-6-4-3-5-9(10)18-12(19)8-11(17)13(14,15)16/h3-6,11H,2,7-8,17H2,1H3. The van der Waals surface area contributed by atoms with Crippen LogP contribution in [0.5, 0.6) is 0 Å². The molecule has 0 aliphatic heterocycles. The molecule has 0 radical (unpaired) electrons. The third-order valence-corrected chi connectivity index (χ3v) is 3.00. The molecule has 0 fully saturated rings. The fraction of sp³-hybridized carbons (Fsp3) is 0.462. The Morgan fingerprint density at radius 3 is 2.63 bits per heavy atom. The van der Waals surface area contributed by atoms with Crippen molar-refractivity contribution >= 4 is 11.0 Å². The van der Waals surface area contributed by atoms with Crippen LogP contribution in [0.3, 0.4) is 0 Å². The molecule has 104 valence electrons. The first-order chi connectivity index (χ1) is 8.93. The summed E-state index contributed by atoms with van der Waals surface area (Å²) in [6, 6.07) is 5.45. The molecule has 1 unspecified atom stereocenters. The molecule has 0 saturated carbocycles. The van der Waals surface area contributed by atoms with Gasteiger partial charge in [0.25, 0.3) is 0 Å². The SMILES string of the molecule is CCCn1c(CC(N)C(F)(F)F)nc2ccccc21. The van der Waals surface area contributed by atoms with E-state index in [1.807, 2.05) is 29.7 Å². The Kier molecular flexibility index (Phi) is 3.80. The Morgan fingerprint density at radius 2 is 2.00 bits per heavy atom. The third-order valence-electron chi connectivity index (χ3n) is 3.00. The van der Waals surface area contributed by atoms with Crippen LogP contribution in [0.1, 0.15) is 19.2 Å². The number of nitrogens with zero attached hydrogens (tertiary/aromatic N) is 2. The highest BCUT2D eigenvalue weighted by molar-refractivity contribution is 5.75. The average Bonchev–Trinajstić information content (AvgIpc) is 2.67. The first kappa shape index (κ1) is 13.9. The lowest BCUT2D eigenvalue weighted by atomic mass is 10.2. The van der Waals surface area contributed by atoms with E-state index in [-0.39, 0.29) is 6.42 Å². The van der Waals surface area contributed by atoms with Crippen LogP contribution in [0.15, 0.2) is 24.3 Å². The lowest BCUT2D eigenvalue weighted by Gasteiger charge is -2.16. The first-order valence-electron chi connectivity index (χ1n) is 6.20. The van der Waals surface area contributed by atoms with Gasteiger partial charge in [-0.15, -0.1) is 0 Å². The molecular formula is C13H16F3N3. The minimum atomic E-state index is -4.39. The number of fused-ring (bicyclic) bond motifs is 1. The van der Waals surface area contributed by atoms with E-state index in [1.165, 1.54) is 0 Å². The van der Waals surface area contributed by atoms with Crippen LogP contribution >= 0.6 is 0 Å². The molecule has 1 aromatic carbocycles. The number of aromatic nitrogens is 2. The van der Waals surface area contributed by atoms with E-state index in [0.717, 1.165) is 11.9 Å². The summed E-state index contributed by atoms with van der Waals surface area (Å²) in [5.74, 6) is 0.396. The molecule has 3 nitrogen and oxygen atoms in total. The van der Waals surface area contributed by atoms with Gasteiger partial charge >= 0.3 is 6.18 Å². The maximum absolute atomic E-state index is 12.5. The van der Waals surface area contributed by atoms with Gasteiger partial charge in [0.05, 0.1) is 11.0 Å². The fourth-order valence-corrected chi connectivity index (χ4v) is 2.07. The maximum Gasteiger partial charge on any atom is 0.404 e. The van der Waals surface area contributed by atoms with Crippen LogP contribution in [0, 0.1) is 0 Å². The summed E-state index contributed by atoms with van der Waals surface area (Å²) < 4.78 is 39.5. The van der Waals surface area contributed by atoms with Gasteiger partial charge in [-0.25, -0.2) is 4.98 Å². The Labute approximate surface area is 109 Å². The predicted molar refractivity (Wildman–Crippen MR) is 67.8 cm³/mol. The van der Waals surface area contributed by atoms with Crippen molar-refractivity contribution in [3.63, 3.8) is 0 Å². The molecule has 19 heavy (non-hydrogen) atoms. The lowest BCUT2D eigenvalue weighted by molar-refractivity contribution is -0.147. The molecule has 0 aliphatic rings. The molecule has 0 aliphatic carbocycles. The van der Waals surface area contributed by atoms with Gasteiger partial charge in [-0.3, -0.25) is 0 Å². The topological polar surface area (TPSA) is 43.8 Å². The van der Waals surface area contributed by atoms with E-state index >= 15 is 0 Å². The Hall–Kier alpha value is -1.56. The molecule has 0 spiro atoms. The zero-order valence-electron chi connectivity index (χ0n) is 10.6. The minimum Gasteiger partial charge on any atom is -0.328 e. The molecule has 1 aromatic heterocycles. The van der Waals surface area contributed by atoms with Crippen molar-refractivity contribution < 1.29 is 13.2 Å². The van der Waals surface area contributed by atoms with E-state index in [2.05, 4.69) is 4.98 Å². The quantitative estimate of drug-likeness (QED) is 0.929. The van der Waals surface area contributed by atoms with E-state index in [1.54, 1.807) is 6.07 Å². The zero-order chi connectivity index (χ0) is 14.0. The number of hydrogen-bond acceptors (Lipinski definition) is 2. The normalized spacial score (nSPS) is 13.9. The van der Waals surface area contributed by atoms with Gasteiger partial charge in [-0.05, 0) is 18.6 Å². The van der Waals surface area contributed by atoms with Crippen molar-refractivity contribution in [3.05, 3.63) is 30.1 Å². The number of aryl methyl sites for hydroxylation is 1. The smallest absolute Gasteiger partial charge is 0.328 e. The van der Waals surface area contributed by atoms with Crippen LogP contribution in [0.2, 0.25) is 0 Å². The molecular weight excluding hydrogens is 255 g/mol. The number of para-hydroxylation sites is 2. The summed E-state index contributed by atoms with van der Waals surface area (Å²) in [7, 11) is 0. The molecule has 2 rings (SSSR count). The van der Waals surface area contributed by atoms with E-state index in [4.69, 9.17) is 5.73 Å². The molecule has 6 heteroatoms. The first-order valence-corrected chi connectivity index (χ1v) is 6.20. The van der Waals surface area contributed by atoms with Crippen molar-refractivity contribution in [1.82, 2.24) is 9.55 Å². The number of rotatable bonds is 4. The van der Waals surface area contributed by atoms with E-state index < -0.39 is 12.2 Å². The van der Waals surface area contributed by atoms with Crippen LogP contribution in [0.25, 0.3) is 11.0 Å². The number of alkyl halides is 3. The second-order valence-corrected chi connectivity index (χ2v) is 4.52. The summed E-state index contributed by atoms with van der Waals surface area (Å²) in [4.78, 5) is 4.27. The van der Waals surface area contributed by atoms with Crippen molar-refractivity contribution in [2.45, 2.75) is 38.5 Å². The van der Waals surface area contributed by atoms with Gasteiger partial charge in [-0.1, -0.05) is 19.1 Å². The largest absolute Gasteiger partial charge is 0.404 e. The van der Waals surface area contributed by atoms with Gasteiger partial charge in [0.1, 0.15) is 11.9 Å². The molecule has 1 atom stereocenters. The molecule has 2 aromatic rings. The number of imidazole rings is 1. The predicted octanol–water partition coefficient (Wildman–Crippen LogP) is 2.88. The van der Waals surface area contributed by atoms with Crippen molar-refractivity contribution in [3.8, 4) is 0 Å². The maximum atomic E-state index is 12.5. The summed E-state index contributed by atoms with van der Waals surface area (Å²) >= 11 is 0. The Balaban J connectivity index is 2.39. The number of benzene rings is 1. The molecule has 1 heterocycles. The highest BCUT2D eigenvalue weighted by Crippen LogP contribution is 2.23. The molecule has 0 bridgehead atoms. The number of halogens is 3. The van der Waals surface area contributed by atoms with Gasteiger partial charge in [-0.2, -0.15) is 13.2 Å². The van der Waals surface area contributed by atoms with Crippen LogP contribution in [-0.4, -0.2) is 21.8 Å². The monoisotopic (exact) mass is 271 g/mol. The Bertz CT molecular complexity index is 560. The van der Waals surface area contributed by atoms with Gasteiger partial charge in [0, 0.05) is 13.0 Å². The third kappa shape index (κ3) is 2.89. The highest BCUT2D eigenvalue weighted by Gasteiger charge is 2.37. The molecule has 0 saturated heterocycles. The van der Waals surface area contributed by atoms with Crippen LogP contribution < -0.4 is 5.73 Å². The number of hydrogen-bond donors (Lipinski definition) is 1. The van der Waals surface area contributed by atoms with Crippen molar-refractivity contribution in [1.29, 1.82) is 0 Å². The van der Waals surface area contributed by atoms with Gasteiger partial charge in [0.15, 0.2) is 0 Å². The van der Waals surface area contributed by atoms with Crippen molar-refractivity contribution in [2.75, 3.05) is 0 Å². The van der Waals surface area contributed by atoms with Crippen LogP contribution in [-0.2, 0) is 13.0 Å². The molecule has 2 N–H and O–H groups in total. The Morgan fingerprint density at radius 1 is 1.32 bits per heavy atom. The van der Waals surface area contributed by atoms with Gasteiger partial charge in [0.2, 0.25) is 0 Å². The van der Waals surface area contributed by atoms with Crippen molar-refractivity contribution in [2.24, 2.45) is 5.73 Å². The summed E-state index contributed by atoms with van der Waals surface area (Å²) in [5, 5.41) is 0. The van der Waals surface area contributed by atoms with Crippen LogP contribution in [0.4, 0.5) is 13.2 Å². The van der Waals surface area contributed by atoms with Gasteiger partial charge < -0.3 is 10.3 Å². The number of nitrogens with two attached hydrogens (primary N) is 1. The second kappa shape index (κ2) is 5.21. The average molecular weight is 271 g/mol. The summed E-state index contributed by atoms with van der Waals surface area (Å²) in [6.45, 7) is 2.61.